The zero-order chi connectivity index (χ0) is 24.4. The number of nitro benzene ring substituents is 1. The van der Waals surface area contributed by atoms with E-state index in [1.165, 1.54) is 11.1 Å². The van der Waals surface area contributed by atoms with E-state index < -0.39 is 20.5 Å². The summed E-state index contributed by atoms with van der Waals surface area (Å²) >= 11 is 0. The number of fused-ring (bicyclic) bond motifs is 1. The summed E-state index contributed by atoms with van der Waals surface area (Å²) in [5, 5.41) is 29.4. The van der Waals surface area contributed by atoms with E-state index in [1.807, 2.05) is 20.8 Å². The van der Waals surface area contributed by atoms with Crippen LogP contribution in [0.1, 0.15) is 38.3 Å². The lowest BCUT2D eigenvalue weighted by Gasteiger charge is -2.22. The van der Waals surface area contributed by atoms with Gasteiger partial charge in [-0.2, -0.15) is 13.5 Å². The summed E-state index contributed by atoms with van der Waals surface area (Å²) in [6.45, 7) is 5.46. The summed E-state index contributed by atoms with van der Waals surface area (Å²) in [7, 11) is -3.94. The Morgan fingerprint density at radius 2 is 1.97 bits per heavy atom. The fraction of sp³-hybridized carbons (Fsp3) is 0.286. The predicted molar refractivity (Wildman–Crippen MR) is 122 cm³/mol. The molecule has 2 N–H and O–H groups in total. The van der Waals surface area contributed by atoms with Crippen LogP contribution in [0.15, 0.2) is 56.9 Å². The molecule has 33 heavy (non-hydrogen) atoms. The van der Waals surface area contributed by atoms with Gasteiger partial charge in [-0.25, -0.2) is 5.01 Å². The first-order chi connectivity index (χ1) is 15.4. The molecule has 0 aromatic heterocycles. The van der Waals surface area contributed by atoms with Crippen LogP contribution in [0.4, 0.5) is 5.69 Å². The van der Waals surface area contributed by atoms with Crippen molar-refractivity contribution in [1.82, 2.24) is 10.3 Å². The summed E-state index contributed by atoms with van der Waals surface area (Å²) < 4.78 is 28.8. The van der Waals surface area contributed by atoms with Crippen LogP contribution in [0, 0.1) is 10.1 Å². The number of rotatable bonds is 6. The van der Waals surface area contributed by atoms with E-state index in [4.69, 9.17) is 0 Å². The molecule has 0 saturated heterocycles. The van der Waals surface area contributed by atoms with Crippen LogP contribution < -0.4 is 5.32 Å². The maximum Gasteiger partial charge on any atom is 0.285 e. The third kappa shape index (κ3) is 5.71. The first-order valence-electron chi connectivity index (χ1n) is 9.92. The van der Waals surface area contributed by atoms with Gasteiger partial charge in [0.15, 0.2) is 5.84 Å². The second kappa shape index (κ2) is 8.98. The number of amides is 1. The van der Waals surface area contributed by atoms with Crippen molar-refractivity contribution < 1.29 is 23.2 Å². The number of nitro groups is 1. The van der Waals surface area contributed by atoms with Crippen molar-refractivity contribution >= 4 is 33.7 Å². The molecule has 0 aliphatic carbocycles. The topological polar surface area (TPSA) is 155 Å². The van der Waals surface area contributed by atoms with Gasteiger partial charge < -0.3 is 10.4 Å². The molecule has 0 radical (unpaired) electrons. The Morgan fingerprint density at radius 1 is 1.27 bits per heavy atom. The molecule has 0 bridgehead atoms. The van der Waals surface area contributed by atoms with Crippen molar-refractivity contribution in [2.45, 2.75) is 37.6 Å². The van der Waals surface area contributed by atoms with Crippen LogP contribution in [0.25, 0.3) is 0 Å². The number of benzene rings is 2. The van der Waals surface area contributed by atoms with E-state index in [2.05, 4.69) is 14.8 Å². The Kier molecular flexibility index (Phi) is 6.49. The minimum atomic E-state index is -3.94. The van der Waals surface area contributed by atoms with Crippen LogP contribution in [-0.4, -0.2) is 53.5 Å². The minimum Gasteiger partial charge on any atom is -0.507 e. The number of nitrogens with zero attached hydrogens (tertiary/aromatic N) is 4. The first kappa shape index (κ1) is 23.9. The number of phenols is 1. The van der Waals surface area contributed by atoms with E-state index >= 15 is 0 Å². The number of hydrogen-bond acceptors (Lipinski definition) is 8. The predicted octanol–water partition coefficient (Wildman–Crippen LogP) is 2.39. The second-order valence-corrected chi connectivity index (χ2v) is 9.87. The highest BCUT2D eigenvalue weighted by Gasteiger charge is 2.32. The first-order valence-corrected chi connectivity index (χ1v) is 11.4. The molecule has 0 fully saturated rings. The van der Waals surface area contributed by atoms with Gasteiger partial charge in [-0.3, -0.25) is 14.9 Å². The van der Waals surface area contributed by atoms with Crippen molar-refractivity contribution in [2.75, 3.05) is 6.54 Å². The molecule has 12 heteroatoms. The van der Waals surface area contributed by atoms with Gasteiger partial charge in [0.2, 0.25) is 5.91 Å². The summed E-state index contributed by atoms with van der Waals surface area (Å²) in [5.41, 5.74) is -0.352. The third-order valence-electron chi connectivity index (χ3n) is 4.48. The third-order valence-corrected chi connectivity index (χ3v) is 5.81. The number of phenolic OH excluding ortho intramolecular Hbond substituents is 1. The molecular weight excluding hydrogens is 450 g/mol. The standard InChI is InChI=1S/C21H23N5O6S/c1-21(2,3)23-19(28)10-11-25(20-16-6-4-5-7-18(16)33(31,32)24-20)22-13-14-12-15(26(29)30)8-9-17(14)27/h4-9,12-13,27H,10-11H2,1-3H3,(H,23,28). The summed E-state index contributed by atoms with van der Waals surface area (Å²) in [5.74, 6) is -0.526. The molecule has 0 spiro atoms. The van der Waals surface area contributed by atoms with Gasteiger partial charge in [0.25, 0.3) is 15.7 Å². The number of sulfonamides is 1. The smallest absolute Gasteiger partial charge is 0.285 e. The molecule has 1 aliphatic heterocycles. The fourth-order valence-corrected chi connectivity index (χ4v) is 4.28. The summed E-state index contributed by atoms with van der Waals surface area (Å²) in [4.78, 5) is 22.8. The van der Waals surface area contributed by atoms with Gasteiger partial charge in [0.1, 0.15) is 10.6 Å². The molecule has 1 heterocycles. The van der Waals surface area contributed by atoms with Crippen LogP contribution >= 0.6 is 0 Å². The Morgan fingerprint density at radius 3 is 2.64 bits per heavy atom. The Bertz CT molecular complexity index is 1260. The Hall–Kier alpha value is -3.80. The maximum atomic E-state index is 12.5. The molecule has 0 saturated carbocycles. The van der Waals surface area contributed by atoms with Crippen molar-refractivity contribution in [3.63, 3.8) is 0 Å². The quantitative estimate of drug-likeness (QED) is 0.371. The molecule has 2 aromatic rings. The number of non-ortho nitro benzene ring substituents is 1. The number of hydrazone groups is 1. The molecule has 2 aromatic carbocycles. The number of hydrogen-bond donors (Lipinski definition) is 2. The highest BCUT2D eigenvalue weighted by molar-refractivity contribution is 7.90. The van der Waals surface area contributed by atoms with Crippen LogP contribution in [-0.2, 0) is 14.8 Å². The summed E-state index contributed by atoms with van der Waals surface area (Å²) in [6, 6.07) is 9.64. The lowest BCUT2D eigenvalue weighted by Crippen LogP contribution is -2.42. The lowest BCUT2D eigenvalue weighted by molar-refractivity contribution is -0.384. The normalized spacial score (nSPS) is 14.6. The molecule has 174 valence electrons. The highest BCUT2D eigenvalue weighted by Crippen LogP contribution is 2.28. The van der Waals surface area contributed by atoms with Gasteiger partial charge in [0, 0.05) is 35.2 Å². The average molecular weight is 474 g/mol. The molecule has 3 rings (SSSR count). The van der Waals surface area contributed by atoms with Crippen LogP contribution in [0.5, 0.6) is 5.75 Å². The lowest BCUT2D eigenvalue weighted by atomic mass is 10.1. The van der Waals surface area contributed by atoms with Crippen LogP contribution in [0.2, 0.25) is 0 Å². The maximum absolute atomic E-state index is 12.5. The number of carbonyl (C=O) groups is 1. The number of carbonyl (C=O) groups excluding carboxylic acids is 1. The minimum absolute atomic E-state index is 0.00956. The molecular formula is C21H23N5O6S. The largest absolute Gasteiger partial charge is 0.507 e. The number of nitrogens with one attached hydrogen (secondary N) is 1. The van der Waals surface area contributed by atoms with Crippen molar-refractivity contribution in [3.05, 3.63) is 63.7 Å². The van der Waals surface area contributed by atoms with Crippen molar-refractivity contribution in [2.24, 2.45) is 9.50 Å². The van der Waals surface area contributed by atoms with Gasteiger partial charge in [-0.15, -0.1) is 4.40 Å². The highest BCUT2D eigenvalue weighted by atomic mass is 32.2. The van der Waals surface area contributed by atoms with Gasteiger partial charge in [-0.1, -0.05) is 12.1 Å². The molecule has 1 amide bonds. The number of aromatic hydroxyl groups is 1. The van der Waals surface area contributed by atoms with Crippen molar-refractivity contribution in [3.8, 4) is 5.75 Å². The molecule has 0 atom stereocenters. The van der Waals surface area contributed by atoms with E-state index in [0.29, 0.717) is 5.56 Å². The monoisotopic (exact) mass is 473 g/mol. The molecule has 1 aliphatic rings. The van der Waals surface area contributed by atoms with Gasteiger partial charge in [-0.05, 0) is 39.0 Å². The average Bonchev–Trinajstić information content (AvgIpc) is 2.99. The SMILES string of the molecule is CC(C)(C)NC(=O)CCN(N=Cc1cc([N+](=O)[O-])ccc1O)C1=NS(=O)(=O)c2ccccc21. The number of amidine groups is 1. The summed E-state index contributed by atoms with van der Waals surface area (Å²) in [6.07, 6.45) is 1.12. The van der Waals surface area contributed by atoms with Crippen molar-refractivity contribution in [1.29, 1.82) is 0 Å². The molecule has 11 nitrogen and oxygen atoms in total. The van der Waals surface area contributed by atoms with E-state index in [0.717, 1.165) is 24.4 Å². The van der Waals surface area contributed by atoms with E-state index in [-0.39, 0.29) is 46.6 Å². The Labute approximate surface area is 190 Å². The molecule has 0 unspecified atom stereocenters. The fourth-order valence-electron chi connectivity index (χ4n) is 3.07. The van der Waals surface area contributed by atoms with Gasteiger partial charge >= 0.3 is 0 Å². The second-order valence-electron chi connectivity index (χ2n) is 8.30. The zero-order valence-corrected chi connectivity index (χ0v) is 19.0. The van der Waals surface area contributed by atoms with E-state index in [9.17, 15) is 28.4 Å². The zero-order valence-electron chi connectivity index (χ0n) is 18.2. The van der Waals surface area contributed by atoms with E-state index in [1.54, 1.807) is 18.2 Å². The van der Waals surface area contributed by atoms with Gasteiger partial charge in [0.05, 0.1) is 17.7 Å². The van der Waals surface area contributed by atoms with Crippen LogP contribution in [0.3, 0.4) is 0 Å². The Balaban J connectivity index is 1.97.